The van der Waals surface area contributed by atoms with Crippen LogP contribution in [0.15, 0.2) is 30.3 Å². The largest absolute Gasteiger partial charge is 0.481 e. The highest BCUT2D eigenvalue weighted by atomic mass is 16.4. The Bertz CT molecular complexity index is 534. The zero-order chi connectivity index (χ0) is 15.5. The molecule has 1 unspecified atom stereocenters. The first kappa shape index (κ1) is 15.0. The van der Waals surface area contributed by atoms with Crippen molar-refractivity contribution in [1.82, 2.24) is 10.2 Å². The number of piperidine rings is 1. The van der Waals surface area contributed by atoms with Crippen molar-refractivity contribution in [1.29, 1.82) is 0 Å². The summed E-state index contributed by atoms with van der Waals surface area (Å²) in [6.45, 7) is 1.29. The fraction of sp³-hybridized carbons (Fsp3) is 0.529. The summed E-state index contributed by atoms with van der Waals surface area (Å²) >= 11 is 0. The number of carbonyl (C=O) groups excluding carboxylic acids is 1. The van der Waals surface area contributed by atoms with Gasteiger partial charge in [-0.2, -0.15) is 0 Å². The van der Waals surface area contributed by atoms with Gasteiger partial charge in [0.2, 0.25) is 5.91 Å². The maximum Gasteiger partial charge on any atom is 0.306 e. The highest BCUT2D eigenvalue weighted by Crippen LogP contribution is 2.29. The number of amides is 1. The molecule has 5 nitrogen and oxygen atoms in total. The minimum Gasteiger partial charge on any atom is -0.481 e. The SMILES string of the molecule is O=C(O)C1CCN(C(C(=O)NC2CC2)c2ccccc2)CC1. The standard InChI is InChI=1S/C17H22N2O3/c20-16(18-14-6-7-14)15(12-4-2-1-3-5-12)19-10-8-13(9-11-19)17(21)22/h1-5,13-15H,6-11H2,(H,18,20)(H,21,22). The van der Waals surface area contributed by atoms with Crippen LogP contribution in [0.2, 0.25) is 0 Å². The summed E-state index contributed by atoms with van der Waals surface area (Å²) in [5.74, 6) is -0.958. The number of likely N-dealkylation sites (tertiary alicyclic amines) is 1. The minimum atomic E-state index is -0.724. The molecule has 0 spiro atoms. The first-order valence-corrected chi connectivity index (χ1v) is 7.97. The number of hydrogen-bond donors (Lipinski definition) is 2. The molecule has 1 amide bonds. The molecular formula is C17H22N2O3. The number of hydrogen-bond acceptors (Lipinski definition) is 3. The molecular weight excluding hydrogens is 280 g/mol. The molecule has 1 aromatic rings. The second-order valence-corrected chi connectivity index (χ2v) is 6.24. The van der Waals surface area contributed by atoms with E-state index in [2.05, 4.69) is 10.2 Å². The molecule has 0 radical (unpaired) electrons. The van der Waals surface area contributed by atoms with Crippen molar-refractivity contribution in [3.05, 3.63) is 35.9 Å². The fourth-order valence-electron chi connectivity index (χ4n) is 3.08. The average molecular weight is 302 g/mol. The van der Waals surface area contributed by atoms with Gasteiger partial charge < -0.3 is 10.4 Å². The van der Waals surface area contributed by atoms with E-state index in [1.807, 2.05) is 30.3 Å². The van der Waals surface area contributed by atoms with E-state index < -0.39 is 5.97 Å². The van der Waals surface area contributed by atoms with Gasteiger partial charge in [-0.25, -0.2) is 0 Å². The van der Waals surface area contributed by atoms with Crippen LogP contribution >= 0.6 is 0 Å². The second kappa shape index (κ2) is 6.48. The predicted molar refractivity (Wildman–Crippen MR) is 82.3 cm³/mol. The van der Waals surface area contributed by atoms with E-state index in [-0.39, 0.29) is 17.9 Å². The molecule has 3 rings (SSSR count). The predicted octanol–water partition coefficient (Wildman–Crippen LogP) is 1.80. The van der Waals surface area contributed by atoms with Gasteiger partial charge in [0.15, 0.2) is 0 Å². The lowest BCUT2D eigenvalue weighted by Crippen LogP contribution is -2.45. The highest BCUT2D eigenvalue weighted by molar-refractivity contribution is 5.83. The van der Waals surface area contributed by atoms with Gasteiger partial charge in [0, 0.05) is 19.1 Å². The van der Waals surface area contributed by atoms with Crippen molar-refractivity contribution in [2.24, 2.45) is 5.92 Å². The maximum absolute atomic E-state index is 12.6. The van der Waals surface area contributed by atoms with Crippen LogP contribution in [-0.4, -0.2) is 41.0 Å². The van der Waals surface area contributed by atoms with Gasteiger partial charge in [-0.3, -0.25) is 14.5 Å². The number of aliphatic carboxylic acids is 1. The Balaban J connectivity index is 1.73. The van der Waals surface area contributed by atoms with E-state index in [1.165, 1.54) is 0 Å². The van der Waals surface area contributed by atoms with Crippen LogP contribution < -0.4 is 5.32 Å². The van der Waals surface area contributed by atoms with Crippen LogP contribution in [0, 0.1) is 5.92 Å². The molecule has 1 heterocycles. The lowest BCUT2D eigenvalue weighted by Gasteiger charge is -2.36. The average Bonchev–Trinajstić information content (AvgIpc) is 3.33. The number of carbonyl (C=O) groups is 2. The van der Waals surface area contributed by atoms with Gasteiger partial charge in [0.1, 0.15) is 6.04 Å². The first-order chi connectivity index (χ1) is 10.6. The minimum absolute atomic E-state index is 0.0440. The first-order valence-electron chi connectivity index (χ1n) is 7.97. The van der Waals surface area contributed by atoms with Crippen molar-refractivity contribution < 1.29 is 14.7 Å². The molecule has 0 bridgehead atoms. The summed E-state index contributed by atoms with van der Waals surface area (Å²) in [5, 5.41) is 12.2. The molecule has 1 saturated heterocycles. The lowest BCUT2D eigenvalue weighted by molar-refractivity contribution is -0.143. The molecule has 22 heavy (non-hydrogen) atoms. The fourth-order valence-corrected chi connectivity index (χ4v) is 3.08. The molecule has 1 aromatic carbocycles. The van der Waals surface area contributed by atoms with E-state index in [4.69, 9.17) is 5.11 Å². The Morgan fingerprint density at radius 1 is 1.09 bits per heavy atom. The maximum atomic E-state index is 12.6. The van der Waals surface area contributed by atoms with Crippen molar-refractivity contribution in [2.45, 2.75) is 37.8 Å². The number of nitrogens with zero attached hydrogens (tertiary/aromatic N) is 1. The van der Waals surface area contributed by atoms with Crippen LogP contribution in [0.25, 0.3) is 0 Å². The summed E-state index contributed by atoms with van der Waals surface area (Å²) in [6, 6.07) is 9.79. The number of rotatable bonds is 5. The highest BCUT2D eigenvalue weighted by Gasteiger charge is 2.35. The molecule has 2 N–H and O–H groups in total. The summed E-state index contributed by atoms with van der Waals surface area (Å²) < 4.78 is 0. The third-order valence-corrected chi connectivity index (χ3v) is 4.53. The molecule has 2 aliphatic rings. The van der Waals surface area contributed by atoms with Crippen molar-refractivity contribution in [3.63, 3.8) is 0 Å². The molecule has 1 saturated carbocycles. The molecule has 5 heteroatoms. The number of carboxylic acids is 1. The molecule has 1 atom stereocenters. The Labute approximate surface area is 130 Å². The quantitative estimate of drug-likeness (QED) is 0.870. The van der Waals surface area contributed by atoms with Crippen LogP contribution in [0.3, 0.4) is 0 Å². The Kier molecular flexibility index (Phi) is 4.43. The summed E-state index contributed by atoms with van der Waals surface area (Å²) in [4.78, 5) is 25.8. The summed E-state index contributed by atoms with van der Waals surface area (Å²) in [5.41, 5.74) is 0.981. The number of benzene rings is 1. The molecule has 0 aromatic heterocycles. The van der Waals surface area contributed by atoms with Crippen molar-refractivity contribution in [2.75, 3.05) is 13.1 Å². The number of nitrogens with one attached hydrogen (secondary N) is 1. The van der Waals surface area contributed by atoms with Gasteiger partial charge >= 0.3 is 5.97 Å². The third-order valence-electron chi connectivity index (χ3n) is 4.53. The van der Waals surface area contributed by atoms with Gasteiger partial charge in [0.05, 0.1) is 5.92 Å². The molecule has 118 valence electrons. The Morgan fingerprint density at radius 2 is 1.73 bits per heavy atom. The van der Waals surface area contributed by atoms with Crippen molar-refractivity contribution in [3.8, 4) is 0 Å². The van der Waals surface area contributed by atoms with E-state index in [0.29, 0.717) is 32.0 Å². The zero-order valence-corrected chi connectivity index (χ0v) is 12.6. The second-order valence-electron chi connectivity index (χ2n) is 6.24. The molecule has 1 aliphatic heterocycles. The van der Waals surface area contributed by atoms with E-state index >= 15 is 0 Å². The number of carboxylic acid groups (broad SMARTS) is 1. The van der Waals surface area contributed by atoms with E-state index in [9.17, 15) is 9.59 Å². The van der Waals surface area contributed by atoms with Gasteiger partial charge in [0.25, 0.3) is 0 Å². The normalized spacial score (nSPS) is 21.3. The molecule has 2 fully saturated rings. The van der Waals surface area contributed by atoms with Crippen molar-refractivity contribution >= 4 is 11.9 Å². The smallest absolute Gasteiger partial charge is 0.306 e. The lowest BCUT2D eigenvalue weighted by atomic mass is 9.94. The molecule has 1 aliphatic carbocycles. The van der Waals surface area contributed by atoms with Crippen LogP contribution in [0.1, 0.15) is 37.3 Å². The van der Waals surface area contributed by atoms with E-state index in [0.717, 1.165) is 18.4 Å². The van der Waals surface area contributed by atoms with Crippen LogP contribution in [0.5, 0.6) is 0 Å². The topological polar surface area (TPSA) is 69.6 Å². The summed E-state index contributed by atoms with van der Waals surface area (Å²) in [6.07, 6.45) is 3.34. The van der Waals surface area contributed by atoms with Crippen LogP contribution in [0.4, 0.5) is 0 Å². The van der Waals surface area contributed by atoms with Gasteiger partial charge in [-0.05, 0) is 31.2 Å². The Morgan fingerprint density at radius 3 is 2.27 bits per heavy atom. The van der Waals surface area contributed by atoms with E-state index in [1.54, 1.807) is 0 Å². The zero-order valence-electron chi connectivity index (χ0n) is 12.6. The Hall–Kier alpha value is -1.88. The third kappa shape index (κ3) is 3.47. The van der Waals surface area contributed by atoms with Gasteiger partial charge in [-0.15, -0.1) is 0 Å². The van der Waals surface area contributed by atoms with Crippen LogP contribution in [-0.2, 0) is 9.59 Å². The van der Waals surface area contributed by atoms with Gasteiger partial charge in [-0.1, -0.05) is 30.3 Å². The monoisotopic (exact) mass is 302 g/mol. The summed E-state index contributed by atoms with van der Waals surface area (Å²) in [7, 11) is 0.